The molecule has 218 valence electrons. The molecule has 0 aromatic carbocycles. The summed E-state index contributed by atoms with van der Waals surface area (Å²) in [6.07, 6.45) is 12.4. The summed E-state index contributed by atoms with van der Waals surface area (Å²) in [5, 5.41) is 0. The lowest BCUT2D eigenvalue weighted by Gasteiger charge is -2.61. The van der Waals surface area contributed by atoms with Gasteiger partial charge in [-0.05, 0) is 97.5 Å². The van der Waals surface area contributed by atoms with E-state index in [1.807, 2.05) is 0 Å². The number of esters is 2. The van der Waals surface area contributed by atoms with Crippen molar-refractivity contribution in [1.82, 2.24) is 0 Å². The average molecular weight is 541 g/mol. The number of hydrogen-bond donors (Lipinski definition) is 0. The summed E-state index contributed by atoms with van der Waals surface area (Å²) in [6, 6.07) is 0. The first-order chi connectivity index (χ1) is 18.0. The first-order valence-electron chi connectivity index (χ1n) is 15.4. The lowest BCUT2D eigenvalue weighted by atomic mass is 9.44. The second-order valence-corrected chi connectivity index (χ2v) is 15.5. The van der Waals surface area contributed by atoms with Crippen molar-refractivity contribution in [3.8, 4) is 0 Å². The first-order valence-corrected chi connectivity index (χ1v) is 15.4. The predicted octanol–water partition coefficient (Wildman–Crippen LogP) is 7.58. The molecule has 4 aliphatic carbocycles. The van der Waals surface area contributed by atoms with Gasteiger partial charge in [0.25, 0.3) is 0 Å². The summed E-state index contributed by atoms with van der Waals surface area (Å²) in [6.45, 7) is 21.7. The van der Waals surface area contributed by atoms with Crippen molar-refractivity contribution in [1.29, 1.82) is 0 Å². The quantitative estimate of drug-likeness (QED) is 0.344. The molecule has 0 unspecified atom stereocenters. The van der Waals surface area contributed by atoms with E-state index in [1.165, 1.54) is 19.8 Å². The summed E-state index contributed by atoms with van der Waals surface area (Å²) < 4.78 is 18.1. The smallest absolute Gasteiger partial charge is 0.303 e. The number of allylic oxidation sites excluding steroid dienone is 4. The van der Waals surface area contributed by atoms with E-state index in [1.54, 1.807) is 18.1 Å². The number of ether oxygens (including phenoxy) is 3. The first kappa shape index (κ1) is 28.9. The van der Waals surface area contributed by atoms with Crippen LogP contribution in [0.15, 0.2) is 23.3 Å². The molecule has 39 heavy (non-hydrogen) atoms. The standard InChI is InChI=1S/C34H52O5/c1-20(26-19-29(38-22(3)36)31(6,7)39-26)23-13-17-34(10)25-11-12-27-30(4,5)28(37-21(2)35)15-16-32(27,8)24(25)14-18-33(23,34)9/h11,14,20,23,26-29H,12-13,15-19H2,1-10H3/t20-,23+,26-,27-,28-,29-,32+,33+,34-/m0/s1. The van der Waals surface area contributed by atoms with Crippen LogP contribution < -0.4 is 0 Å². The molecule has 5 heteroatoms. The molecular formula is C34H52O5. The van der Waals surface area contributed by atoms with Crippen molar-refractivity contribution >= 4 is 11.9 Å². The maximum Gasteiger partial charge on any atom is 0.303 e. The maximum absolute atomic E-state index is 11.9. The molecule has 3 fully saturated rings. The highest BCUT2D eigenvalue weighted by molar-refractivity contribution is 5.66. The Labute approximate surface area is 236 Å². The van der Waals surface area contributed by atoms with E-state index in [2.05, 4.69) is 67.5 Å². The van der Waals surface area contributed by atoms with Crippen LogP contribution in [0.2, 0.25) is 0 Å². The molecule has 0 aromatic heterocycles. The Kier molecular flexibility index (Phi) is 6.81. The van der Waals surface area contributed by atoms with E-state index in [0.717, 1.165) is 32.1 Å². The van der Waals surface area contributed by atoms with Gasteiger partial charge in [0.15, 0.2) is 0 Å². The highest BCUT2D eigenvalue weighted by Gasteiger charge is 2.64. The third-order valence-corrected chi connectivity index (χ3v) is 12.8. The molecule has 0 bridgehead atoms. The number of carbonyl (C=O) groups excluding carboxylic acids is 2. The Balaban J connectivity index is 1.42. The fourth-order valence-electron chi connectivity index (χ4n) is 10.3. The van der Waals surface area contributed by atoms with Gasteiger partial charge in [-0.15, -0.1) is 0 Å². The second kappa shape index (κ2) is 9.19. The molecule has 1 aliphatic heterocycles. The molecule has 0 aromatic rings. The van der Waals surface area contributed by atoms with Gasteiger partial charge >= 0.3 is 11.9 Å². The zero-order valence-electron chi connectivity index (χ0n) is 26.1. The number of hydrogen-bond acceptors (Lipinski definition) is 5. The minimum atomic E-state index is -0.458. The lowest BCUT2D eigenvalue weighted by Crippen LogP contribution is -2.55. The van der Waals surface area contributed by atoms with E-state index in [0.29, 0.717) is 17.8 Å². The molecule has 0 N–H and O–H groups in total. The van der Waals surface area contributed by atoms with Gasteiger partial charge in [0.2, 0.25) is 0 Å². The predicted molar refractivity (Wildman–Crippen MR) is 153 cm³/mol. The van der Waals surface area contributed by atoms with Gasteiger partial charge in [0.1, 0.15) is 12.2 Å². The fourth-order valence-corrected chi connectivity index (χ4v) is 10.3. The van der Waals surface area contributed by atoms with Crippen molar-refractivity contribution in [2.45, 2.75) is 138 Å². The topological polar surface area (TPSA) is 61.8 Å². The van der Waals surface area contributed by atoms with Crippen LogP contribution in [0.4, 0.5) is 0 Å². The Bertz CT molecular complexity index is 1100. The highest BCUT2D eigenvalue weighted by atomic mass is 16.6. The second-order valence-electron chi connectivity index (χ2n) is 15.5. The van der Waals surface area contributed by atoms with Crippen molar-refractivity contribution in [2.24, 2.45) is 39.4 Å². The van der Waals surface area contributed by atoms with E-state index < -0.39 is 5.60 Å². The van der Waals surface area contributed by atoms with E-state index in [-0.39, 0.29) is 51.9 Å². The number of carbonyl (C=O) groups is 2. The zero-order valence-corrected chi connectivity index (χ0v) is 26.1. The zero-order chi connectivity index (χ0) is 28.8. The molecule has 9 atom stereocenters. The van der Waals surface area contributed by atoms with Crippen LogP contribution >= 0.6 is 0 Å². The van der Waals surface area contributed by atoms with E-state index >= 15 is 0 Å². The maximum atomic E-state index is 11.9. The SMILES string of the molecule is CC(=O)O[C@H]1C[C@@H]([C@@H](C)[C@H]2CC[C@@]3(C)C4=CC[C@H]5C(C)(C)[C@@H](OC(C)=O)CC[C@]5(C)C4=CC[C@]23C)OC1(C)C. The van der Waals surface area contributed by atoms with Gasteiger partial charge in [-0.1, -0.05) is 53.7 Å². The third-order valence-electron chi connectivity index (χ3n) is 12.8. The summed E-state index contributed by atoms with van der Waals surface area (Å²) >= 11 is 0. The third kappa shape index (κ3) is 4.18. The van der Waals surface area contributed by atoms with E-state index in [4.69, 9.17) is 14.2 Å². The molecular weight excluding hydrogens is 488 g/mol. The molecule has 5 aliphatic rings. The van der Waals surface area contributed by atoms with Gasteiger partial charge in [-0.2, -0.15) is 0 Å². The van der Waals surface area contributed by atoms with Crippen LogP contribution in [0, 0.1) is 39.4 Å². The Morgan fingerprint density at radius 1 is 0.897 bits per heavy atom. The largest absolute Gasteiger partial charge is 0.462 e. The van der Waals surface area contributed by atoms with Gasteiger partial charge in [-0.25, -0.2) is 0 Å². The van der Waals surface area contributed by atoms with Gasteiger partial charge in [0.05, 0.1) is 11.7 Å². The molecule has 5 nitrogen and oxygen atoms in total. The molecule has 1 heterocycles. The van der Waals surface area contributed by atoms with Crippen LogP contribution in [0.1, 0.15) is 114 Å². The minimum absolute atomic E-state index is 0.0174. The molecule has 5 rings (SSSR count). The van der Waals surface area contributed by atoms with E-state index in [9.17, 15) is 9.59 Å². The molecule has 2 saturated carbocycles. The summed E-state index contributed by atoms with van der Waals surface area (Å²) in [7, 11) is 0. The van der Waals surface area contributed by atoms with Crippen molar-refractivity contribution in [2.75, 3.05) is 0 Å². The van der Waals surface area contributed by atoms with Crippen LogP contribution in [0.3, 0.4) is 0 Å². The molecule has 0 amide bonds. The van der Waals surface area contributed by atoms with Crippen LogP contribution in [-0.2, 0) is 23.8 Å². The van der Waals surface area contributed by atoms with Gasteiger partial charge in [0, 0.05) is 25.7 Å². The fraction of sp³-hybridized carbons (Fsp3) is 0.824. The van der Waals surface area contributed by atoms with Crippen molar-refractivity contribution in [3.63, 3.8) is 0 Å². The Morgan fingerprint density at radius 2 is 1.54 bits per heavy atom. The monoisotopic (exact) mass is 540 g/mol. The lowest BCUT2D eigenvalue weighted by molar-refractivity contribution is -0.165. The Hall–Kier alpha value is -1.62. The van der Waals surface area contributed by atoms with Crippen LogP contribution in [0.5, 0.6) is 0 Å². The normalized spacial score (nSPS) is 44.7. The van der Waals surface area contributed by atoms with Crippen LogP contribution in [-0.4, -0.2) is 35.9 Å². The highest BCUT2D eigenvalue weighted by Crippen LogP contribution is 2.72. The summed E-state index contributed by atoms with van der Waals surface area (Å²) in [4.78, 5) is 23.6. The van der Waals surface area contributed by atoms with Crippen LogP contribution in [0.25, 0.3) is 0 Å². The minimum Gasteiger partial charge on any atom is -0.462 e. The van der Waals surface area contributed by atoms with Gasteiger partial charge in [-0.3, -0.25) is 9.59 Å². The molecule has 0 radical (unpaired) electrons. The molecule has 0 spiro atoms. The Morgan fingerprint density at radius 3 is 2.18 bits per heavy atom. The number of rotatable bonds is 4. The van der Waals surface area contributed by atoms with Gasteiger partial charge < -0.3 is 14.2 Å². The van der Waals surface area contributed by atoms with Crippen molar-refractivity contribution in [3.05, 3.63) is 23.3 Å². The summed E-state index contributed by atoms with van der Waals surface area (Å²) in [5.41, 5.74) is 3.04. The number of fused-ring (bicyclic) bond motifs is 5. The summed E-state index contributed by atoms with van der Waals surface area (Å²) in [5.74, 6) is 0.992. The van der Waals surface area contributed by atoms with Crippen molar-refractivity contribution < 1.29 is 23.8 Å². The average Bonchev–Trinajstić information content (AvgIpc) is 3.27. The molecule has 1 saturated heterocycles.